The first-order valence-corrected chi connectivity index (χ1v) is 22.2. The largest absolute Gasteiger partial charge is 0.481 e. The molecule has 312 valence electrons. The van der Waals surface area contributed by atoms with E-state index >= 15 is 0 Å². The minimum atomic E-state index is -4.44. The number of unbranched alkanes of at least 4 members (excludes halogenated alkanes) is 2. The number of amides is 2. The van der Waals surface area contributed by atoms with Gasteiger partial charge in [-0.05, 0) is 73.6 Å². The fraction of sp³-hybridized carbons (Fsp3) is 0.400. The summed E-state index contributed by atoms with van der Waals surface area (Å²) >= 11 is 0. The molecule has 2 amide bonds. The molecule has 16 nitrogen and oxygen atoms in total. The molecule has 5 rings (SSSR count). The van der Waals surface area contributed by atoms with Crippen LogP contribution in [-0.2, 0) is 41.2 Å². The molecule has 2 aliphatic rings. The Kier molecular flexibility index (Phi) is 14.7. The average molecular weight is 842 g/mol. The second kappa shape index (κ2) is 19.4. The van der Waals surface area contributed by atoms with Crippen molar-refractivity contribution in [3.05, 3.63) is 95.8 Å². The molecule has 18 heteroatoms. The number of carboxylic acid groups (broad SMARTS) is 1. The Balaban J connectivity index is 1.54. The number of fused-ring (bicyclic) bond motifs is 2. The van der Waals surface area contributed by atoms with Crippen LogP contribution in [0.4, 0.5) is 5.69 Å². The van der Waals surface area contributed by atoms with Gasteiger partial charge in [0, 0.05) is 38.5 Å². The Morgan fingerprint density at radius 3 is 2.29 bits per heavy atom. The third-order valence-corrected chi connectivity index (χ3v) is 11.2. The van der Waals surface area contributed by atoms with Gasteiger partial charge in [-0.15, -0.1) is 0 Å². The highest BCUT2D eigenvalue weighted by Gasteiger charge is 2.48. The van der Waals surface area contributed by atoms with Gasteiger partial charge in [-0.3, -0.25) is 23.5 Å². The summed E-state index contributed by atoms with van der Waals surface area (Å²) in [6.45, 7) is 2.57. The Labute approximate surface area is 337 Å². The van der Waals surface area contributed by atoms with Gasteiger partial charge in [0.2, 0.25) is 23.3 Å². The Morgan fingerprint density at radius 1 is 0.862 bits per heavy atom. The van der Waals surface area contributed by atoms with Crippen molar-refractivity contribution < 1.29 is 59.2 Å². The van der Waals surface area contributed by atoms with E-state index in [1.54, 1.807) is 53.5 Å². The highest BCUT2D eigenvalue weighted by molar-refractivity contribution is 7.86. The van der Waals surface area contributed by atoms with E-state index in [9.17, 15) is 40.3 Å². The van der Waals surface area contributed by atoms with Gasteiger partial charge in [0.25, 0.3) is 25.8 Å². The van der Waals surface area contributed by atoms with E-state index in [0.29, 0.717) is 65.7 Å². The first-order valence-electron chi connectivity index (χ1n) is 19.0. The number of hydrogen-bond acceptors (Lipinski definition) is 10. The van der Waals surface area contributed by atoms with Crippen LogP contribution in [0.3, 0.4) is 0 Å². The summed E-state index contributed by atoms with van der Waals surface area (Å²) < 4.78 is 79.1. The van der Waals surface area contributed by atoms with Gasteiger partial charge in [-0.1, -0.05) is 49.8 Å². The number of nitrogens with one attached hydrogen (secondary N) is 2. The normalized spacial score (nSPS) is 18.4. The maximum Gasteiger partial charge on any atom is 0.374 e. The minimum absolute atomic E-state index is 0.0194. The predicted molar refractivity (Wildman–Crippen MR) is 216 cm³/mol. The molecular formula is C40H49N4O12S2+. The number of rotatable bonds is 20. The maximum absolute atomic E-state index is 14.3. The van der Waals surface area contributed by atoms with Gasteiger partial charge in [-0.25, -0.2) is 0 Å². The molecule has 3 aromatic rings. The van der Waals surface area contributed by atoms with Gasteiger partial charge in [0.05, 0.1) is 23.3 Å². The molecule has 0 saturated heterocycles. The third-order valence-electron chi connectivity index (χ3n) is 9.63. The topological polar surface area (TPSA) is 234 Å². The lowest BCUT2D eigenvalue weighted by Gasteiger charge is -2.35. The lowest BCUT2D eigenvalue weighted by atomic mass is 9.70. The molecule has 0 radical (unpaired) electrons. The predicted octanol–water partition coefficient (Wildman–Crippen LogP) is 4.56. The SMILES string of the molecule is CCC[n+]1c(/C=C/C2=CC(=C/C=C3\Oc4ccccc4N3CCCS(=O)(=O)O)/CC(C(=O)NCCCCCC(=O)O)(C(=O)NCCS(=O)(=O)O)C2)oc2ccccc21. The lowest BCUT2D eigenvalue weighted by molar-refractivity contribution is -0.678. The molecular weight excluding hydrogens is 793 g/mol. The van der Waals surface area contributed by atoms with Gasteiger partial charge in [0.15, 0.2) is 12.3 Å². The molecule has 5 N–H and O–H groups in total. The van der Waals surface area contributed by atoms with Crippen LogP contribution in [-0.4, -0.2) is 80.0 Å². The summed E-state index contributed by atoms with van der Waals surface area (Å²) in [7, 11) is -8.65. The summed E-state index contributed by atoms with van der Waals surface area (Å²) in [5.74, 6) is -2.18. The van der Waals surface area contributed by atoms with Gasteiger partial charge < -0.3 is 29.8 Å². The molecule has 0 spiro atoms. The van der Waals surface area contributed by atoms with Crippen LogP contribution in [0.5, 0.6) is 5.75 Å². The smallest absolute Gasteiger partial charge is 0.374 e. The molecule has 1 aliphatic heterocycles. The number of hydrogen-bond donors (Lipinski definition) is 5. The number of carboxylic acids is 1. The van der Waals surface area contributed by atoms with Crippen molar-refractivity contribution in [2.45, 2.75) is 64.8 Å². The summed E-state index contributed by atoms with van der Waals surface area (Å²) in [6, 6.07) is 14.7. The van der Waals surface area contributed by atoms with Gasteiger partial charge >= 0.3 is 11.9 Å². The van der Waals surface area contributed by atoms with Gasteiger partial charge in [0.1, 0.15) is 5.41 Å². The number of anilines is 1. The molecule has 58 heavy (non-hydrogen) atoms. The summed E-state index contributed by atoms with van der Waals surface area (Å²) in [5, 5.41) is 14.4. The number of carbonyl (C=O) groups excluding carboxylic acids is 2. The number of aromatic nitrogens is 1. The molecule has 1 aromatic heterocycles. The summed E-state index contributed by atoms with van der Waals surface area (Å²) in [6.07, 6.45) is 10.7. The van der Waals surface area contributed by atoms with Crippen molar-refractivity contribution in [2.75, 3.05) is 36.0 Å². The molecule has 1 unspecified atom stereocenters. The molecule has 1 atom stereocenters. The van der Waals surface area contributed by atoms with Crippen LogP contribution in [0, 0.1) is 5.41 Å². The first-order chi connectivity index (χ1) is 27.6. The number of nitrogens with zero attached hydrogens (tertiary/aromatic N) is 2. The highest BCUT2D eigenvalue weighted by Crippen LogP contribution is 2.42. The fourth-order valence-electron chi connectivity index (χ4n) is 6.95. The number of para-hydroxylation sites is 4. The number of carbonyl (C=O) groups is 3. The molecule has 1 aliphatic carbocycles. The van der Waals surface area contributed by atoms with Crippen LogP contribution >= 0.6 is 0 Å². The minimum Gasteiger partial charge on any atom is -0.481 e. The maximum atomic E-state index is 14.3. The van der Waals surface area contributed by atoms with Crippen molar-refractivity contribution in [2.24, 2.45) is 5.41 Å². The van der Waals surface area contributed by atoms with E-state index in [0.717, 1.165) is 11.9 Å². The number of oxazole rings is 1. The van der Waals surface area contributed by atoms with Crippen LogP contribution in [0.15, 0.2) is 94.3 Å². The van der Waals surface area contributed by atoms with E-state index in [-0.39, 0.29) is 38.8 Å². The van der Waals surface area contributed by atoms with Crippen LogP contribution in [0.25, 0.3) is 17.2 Å². The summed E-state index contributed by atoms with van der Waals surface area (Å²) in [4.78, 5) is 41.2. The zero-order chi connectivity index (χ0) is 41.9. The zero-order valence-corrected chi connectivity index (χ0v) is 33.8. The van der Waals surface area contributed by atoms with Crippen LogP contribution < -0.4 is 24.8 Å². The first kappa shape index (κ1) is 43.8. The average Bonchev–Trinajstić information content (AvgIpc) is 3.70. The van der Waals surface area contributed by atoms with Gasteiger partial charge in [-0.2, -0.15) is 21.4 Å². The van der Waals surface area contributed by atoms with E-state index in [2.05, 4.69) is 10.6 Å². The van der Waals surface area contributed by atoms with E-state index in [4.69, 9.17) is 14.3 Å². The zero-order valence-electron chi connectivity index (χ0n) is 32.1. The Bertz CT molecular complexity index is 2350. The van der Waals surface area contributed by atoms with Crippen LogP contribution in [0.2, 0.25) is 0 Å². The quantitative estimate of drug-likeness (QED) is 0.0455. The fourth-order valence-corrected chi connectivity index (χ4v) is 7.80. The summed E-state index contributed by atoms with van der Waals surface area (Å²) in [5.41, 5.74) is 1.51. The van der Waals surface area contributed by atoms with E-state index < -0.39 is 61.5 Å². The monoisotopic (exact) mass is 841 g/mol. The second-order valence-electron chi connectivity index (χ2n) is 14.2. The molecule has 0 fully saturated rings. The van der Waals surface area contributed by atoms with Crippen molar-refractivity contribution in [3.8, 4) is 5.75 Å². The molecule has 0 bridgehead atoms. The molecule has 0 saturated carbocycles. The molecule has 2 aromatic carbocycles. The van der Waals surface area contributed by atoms with E-state index in [1.165, 1.54) is 0 Å². The number of aryl methyl sites for hydroxylation is 1. The number of aliphatic carboxylic acids is 1. The van der Waals surface area contributed by atoms with Crippen molar-refractivity contribution in [3.63, 3.8) is 0 Å². The Morgan fingerprint density at radius 2 is 1.57 bits per heavy atom. The highest BCUT2D eigenvalue weighted by atomic mass is 32.2. The number of benzene rings is 2. The standard InChI is InChI=1S/C40H48N4O12S2/c1-2-22-43-31-11-5-7-13-33(31)55-35(43)18-16-29-26-30(17-19-36-44(23-10-24-57(49,50)51)32-12-6-8-14-34(32)56-36)28-40(27-29,39(48)42-21-25-58(52,53)54)38(47)41-20-9-3-4-15-37(45)46/h5-8,11-14,16-19,26H,2-4,9-10,15,20-25,27-28H2,1H3,(H4-,41,42,45,46,47,48,49,50,51,52,53,54)/p+1. The number of ether oxygens (including phenoxy) is 1. The lowest BCUT2D eigenvalue weighted by Crippen LogP contribution is -2.53. The molecule has 2 heterocycles. The second-order valence-corrected chi connectivity index (χ2v) is 17.3. The number of allylic oxidation sites excluding steroid dienone is 6. The third kappa shape index (κ3) is 11.9. The van der Waals surface area contributed by atoms with E-state index in [1.807, 2.05) is 41.8 Å². The Hall–Kier alpha value is -5.30. The van der Waals surface area contributed by atoms with Crippen molar-refractivity contribution in [1.82, 2.24) is 10.6 Å². The van der Waals surface area contributed by atoms with Crippen LogP contribution in [0.1, 0.15) is 64.2 Å². The van der Waals surface area contributed by atoms with Crippen molar-refractivity contribution >= 4 is 60.9 Å². The van der Waals surface area contributed by atoms with Crippen molar-refractivity contribution in [1.29, 1.82) is 0 Å².